The van der Waals surface area contributed by atoms with E-state index in [9.17, 15) is 9.59 Å². The van der Waals surface area contributed by atoms with Crippen LogP contribution >= 0.6 is 0 Å². The highest BCUT2D eigenvalue weighted by Crippen LogP contribution is 2.22. The molecule has 0 aliphatic heterocycles. The Balaban J connectivity index is 2.09. The Morgan fingerprint density at radius 1 is 1.00 bits per heavy atom. The van der Waals surface area contributed by atoms with Crippen LogP contribution in [-0.2, 0) is 0 Å². The van der Waals surface area contributed by atoms with Crippen molar-refractivity contribution in [2.75, 3.05) is 31.5 Å². The number of nitrogens with one attached hydrogen (secondary N) is 1. The minimum Gasteiger partial charge on any atom is -0.380 e. The van der Waals surface area contributed by atoms with Gasteiger partial charge in [0, 0.05) is 13.1 Å². The van der Waals surface area contributed by atoms with Gasteiger partial charge < -0.3 is 10.2 Å². The molecule has 4 nitrogen and oxygen atoms in total. The highest BCUT2D eigenvalue weighted by molar-refractivity contribution is 5.81. The van der Waals surface area contributed by atoms with E-state index in [4.69, 9.17) is 0 Å². The molecule has 0 amide bonds. The molecular weight excluding hydrogens is 252 g/mol. The van der Waals surface area contributed by atoms with Crippen LogP contribution in [0.15, 0.2) is 39.9 Å². The summed E-state index contributed by atoms with van der Waals surface area (Å²) in [5.41, 5.74) is 1.01. The Morgan fingerprint density at radius 2 is 1.65 bits per heavy atom. The average molecular weight is 272 g/mol. The molecule has 20 heavy (non-hydrogen) atoms. The Bertz CT molecular complexity index is 623. The number of anilines is 1. The molecule has 2 aromatic carbocycles. The maximum absolute atomic E-state index is 11.7. The predicted molar refractivity (Wildman–Crippen MR) is 83.1 cm³/mol. The first-order valence-electron chi connectivity index (χ1n) is 7.04. The number of likely N-dealkylation sites (N-methyl/N-ethyl adjacent to an activating group) is 1. The van der Waals surface area contributed by atoms with Crippen molar-refractivity contribution in [1.82, 2.24) is 4.90 Å². The largest absolute Gasteiger partial charge is 0.380 e. The van der Waals surface area contributed by atoms with E-state index in [1.54, 1.807) is 0 Å². The fourth-order valence-electron chi connectivity index (χ4n) is 2.32. The molecule has 2 rings (SSSR count). The maximum atomic E-state index is 11.7. The topological polar surface area (TPSA) is 49.4 Å². The van der Waals surface area contributed by atoms with E-state index >= 15 is 0 Å². The standard InChI is InChI=1S/C16H20N2O2/c1-3-18(4-2)11-10-17-14-13(15(19)16(14)20)12-8-6-5-7-9-12/h5-9,17H,3-4,10-11H2,1-2H3. The van der Waals surface area contributed by atoms with Crippen LogP contribution in [0.25, 0.3) is 11.1 Å². The van der Waals surface area contributed by atoms with E-state index in [1.165, 1.54) is 0 Å². The van der Waals surface area contributed by atoms with E-state index in [0.717, 1.165) is 25.2 Å². The van der Waals surface area contributed by atoms with Crippen LogP contribution < -0.4 is 16.2 Å². The summed E-state index contributed by atoms with van der Waals surface area (Å²) in [5.74, 6) is 0. The molecule has 1 N–H and O–H groups in total. The first-order valence-corrected chi connectivity index (χ1v) is 7.04. The van der Waals surface area contributed by atoms with Crippen LogP contribution in [0.4, 0.5) is 5.69 Å². The molecule has 0 atom stereocenters. The quantitative estimate of drug-likeness (QED) is 0.779. The van der Waals surface area contributed by atoms with Crippen LogP contribution in [0.5, 0.6) is 0 Å². The van der Waals surface area contributed by atoms with Gasteiger partial charge in [-0.05, 0) is 18.7 Å². The summed E-state index contributed by atoms with van der Waals surface area (Å²) in [4.78, 5) is 25.7. The van der Waals surface area contributed by atoms with Gasteiger partial charge in [-0.25, -0.2) is 0 Å². The third-order valence-electron chi connectivity index (χ3n) is 3.60. The number of nitrogens with zero attached hydrogens (tertiary/aromatic N) is 1. The highest BCUT2D eigenvalue weighted by atomic mass is 16.2. The van der Waals surface area contributed by atoms with Gasteiger partial charge in [0.05, 0.1) is 11.3 Å². The molecule has 0 aromatic heterocycles. The fraction of sp³-hybridized carbons (Fsp3) is 0.375. The third kappa shape index (κ3) is 2.80. The van der Waals surface area contributed by atoms with Crippen molar-refractivity contribution in [3.63, 3.8) is 0 Å². The van der Waals surface area contributed by atoms with Crippen LogP contribution in [0.3, 0.4) is 0 Å². The van der Waals surface area contributed by atoms with Gasteiger partial charge >= 0.3 is 0 Å². The van der Waals surface area contributed by atoms with Gasteiger partial charge in [-0.2, -0.15) is 0 Å². The smallest absolute Gasteiger partial charge is 0.250 e. The Kier molecular flexibility index (Phi) is 4.69. The first-order chi connectivity index (χ1) is 9.69. The van der Waals surface area contributed by atoms with E-state index in [1.807, 2.05) is 30.3 Å². The van der Waals surface area contributed by atoms with Crippen molar-refractivity contribution in [2.45, 2.75) is 13.8 Å². The number of benzene rings is 1. The molecular formula is C16H20N2O2. The number of hydrogen-bond donors (Lipinski definition) is 1. The zero-order valence-electron chi connectivity index (χ0n) is 12.0. The Morgan fingerprint density at radius 3 is 2.25 bits per heavy atom. The molecule has 0 unspecified atom stereocenters. The summed E-state index contributed by atoms with van der Waals surface area (Å²) in [7, 11) is 0. The second-order valence-corrected chi connectivity index (χ2v) is 4.73. The first kappa shape index (κ1) is 14.5. The van der Waals surface area contributed by atoms with Crippen molar-refractivity contribution < 1.29 is 0 Å². The van der Waals surface area contributed by atoms with Gasteiger partial charge in [-0.3, -0.25) is 9.59 Å². The third-order valence-corrected chi connectivity index (χ3v) is 3.60. The molecule has 106 valence electrons. The lowest BCUT2D eigenvalue weighted by atomic mass is 9.99. The fourth-order valence-corrected chi connectivity index (χ4v) is 2.32. The zero-order chi connectivity index (χ0) is 14.5. The Hall–Kier alpha value is -1.94. The monoisotopic (exact) mass is 272 g/mol. The van der Waals surface area contributed by atoms with Gasteiger partial charge in [0.1, 0.15) is 0 Å². The lowest BCUT2D eigenvalue weighted by molar-refractivity contribution is 0.316. The van der Waals surface area contributed by atoms with Crippen LogP contribution in [0.2, 0.25) is 0 Å². The summed E-state index contributed by atoms with van der Waals surface area (Å²) < 4.78 is 0. The van der Waals surface area contributed by atoms with Crippen molar-refractivity contribution >= 4 is 5.69 Å². The SMILES string of the molecule is CCN(CC)CCNc1c(-c2ccccc2)c(=O)c1=O. The van der Waals surface area contributed by atoms with E-state index in [-0.39, 0.29) is 5.43 Å². The summed E-state index contributed by atoms with van der Waals surface area (Å²) in [6.07, 6.45) is 0. The summed E-state index contributed by atoms with van der Waals surface area (Å²) >= 11 is 0. The molecule has 0 saturated heterocycles. The minimum atomic E-state index is -0.400. The summed E-state index contributed by atoms with van der Waals surface area (Å²) in [6.45, 7) is 7.71. The van der Waals surface area contributed by atoms with Gasteiger partial charge in [-0.15, -0.1) is 0 Å². The average Bonchev–Trinajstić information content (AvgIpc) is 2.50. The second kappa shape index (κ2) is 6.48. The van der Waals surface area contributed by atoms with Gasteiger partial charge in [0.2, 0.25) is 10.9 Å². The molecule has 2 aromatic rings. The lowest BCUT2D eigenvalue weighted by Gasteiger charge is -2.19. The molecule has 0 saturated carbocycles. The van der Waals surface area contributed by atoms with Gasteiger partial charge in [-0.1, -0.05) is 44.2 Å². The van der Waals surface area contributed by atoms with Crippen molar-refractivity contribution in [3.8, 4) is 11.1 Å². The van der Waals surface area contributed by atoms with Gasteiger partial charge in [0.25, 0.3) is 0 Å². The zero-order valence-corrected chi connectivity index (χ0v) is 12.0. The molecule has 0 heterocycles. The van der Waals surface area contributed by atoms with E-state index in [2.05, 4.69) is 24.1 Å². The van der Waals surface area contributed by atoms with Crippen molar-refractivity contribution in [3.05, 3.63) is 50.8 Å². The van der Waals surface area contributed by atoms with Crippen LogP contribution in [0, 0.1) is 0 Å². The summed E-state index contributed by atoms with van der Waals surface area (Å²) in [6, 6.07) is 9.33. The molecule has 0 fully saturated rings. The number of rotatable bonds is 7. The van der Waals surface area contributed by atoms with Crippen molar-refractivity contribution in [2.24, 2.45) is 0 Å². The molecule has 0 aliphatic rings. The second-order valence-electron chi connectivity index (χ2n) is 4.73. The minimum absolute atomic E-state index is 0.387. The van der Waals surface area contributed by atoms with Crippen LogP contribution in [-0.4, -0.2) is 31.1 Å². The van der Waals surface area contributed by atoms with Crippen molar-refractivity contribution in [1.29, 1.82) is 0 Å². The highest BCUT2D eigenvalue weighted by Gasteiger charge is 2.21. The molecule has 0 radical (unpaired) electrons. The molecule has 0 bridgehead atoms. The Labute approximate surface area is 118 Å². The predicted octanol–water partition coefficient (Wildman–Crippen LogP) is 1.70. The summed E-state index contributed by atoms with van der Waals surface area (Å²) in [5, 5.41) is 3.11. The number of hydrogen-bond acceptors (Lipinski definition) is 4. The van der Waals surface area contributed by atoms with E-state index < -0.39 is 5.43 Å². The molecule has 0 aliphatic carbocycles. The maximum Gasteiger partial charge on any atom is 0.250 e. The van der Waals surface area contributed by atoms with E-state index in [0.29, 0.717) is 17.8 Å². The lowest BCUT2D eigenvalue weighted by Crippen LogP contribution is -2.38. The normalized spacial score (nSPS) is 11.2. The molecule has 4 heteroatoms. The molecule has 0 spiro atoms. The van der Waals surface area contributed by atoms with Crippen LogP contribution in [0.1, 0.15) is 13.8 Å². The van der Waals surface area contributed by atoms with Gasteiger partial charge in [0.15, 0.2) is 0 Å².